The van der Waals surface area contributed by atoms with E-state index in [9.17, 15) is 4.79 Å². The van der Waals surface area contributed by atoms with Crippen LogP contribution in [0.15, 0.2) is 42.5 Å². The number of nitrogens with two attached hydrogens (primary N) is 1. The highest BCUT2D eigenvalue weighted by atomic mass is 35.5. The van der Waals surface area contributed by atoms with Gasteiger partial charge in [-0.3, -0.25) is 4.79 Å². The first-order valence-electron chi connectivity index (χ1n) is 10.1. The first kappa shape index (κ1) is 23.3. The third-order valence-electron chi connectivity index (χ3n) is 4.76. The van der Waals surface area contributed by atoms with Gasteiger partial charge in [0.15, 0.2) is 11.6 Å². The van der Waals surface area contributed by atoms with Crippen molar-refractivity contribution in [3.8, 4) is 11.5 Å². The fourth-order valence-electron chi connectivity index (χ4n) is 3.26. The smallest absolute Gasteiger partial charge is 0.181 e. The van der Waals surface area contributed by atoms with Gasteiger partial charge in [-0.1, -0.05) is 42.8 Å². The number of nitrogens with one attached hydrogen (secondary N) is 1. The summed E-state index contributed by atoms with van der Waals surface area (Å²) in [5, 5.41) is 3.59. The van der Waals surface area contributed by atoms with Crippen LogP contribution in [-0.2, 0) is 4.79 Å². The van der Waals surface area contributed by atoms with Crippen LogP contribution in [-0.4, -0.2) is 18.4 Å². The molecule has 0 radical (unpaired) electrons. The molecule has 2 atom stereocenters. The Morgan fingerprint density at radius 3 is 2.59 bits per heavy atom. The van der Waals surface area contributed by atoms with E-state index in [4.69, 9.17) is 22.1 Å². The van der Waals surface area contributed by atoms with Gasteiger partial charge in [0.2, 0.25) is 0 Å². The molecule has 0 saturated carbocycles. The topological polar surface area (TPSA) is 64.4 Å². The molecule has 2 aromatic carbocycles. The Morgan fingerprint density at radius 1 is 1.21 bits per heavy atom. The summed E-state index contributed by atoms with van der Waals surface area (Å²) in [6.07, 6.45) is 3.26. The van der Waals surface area contributed by atoms with Gasteiger partial charge in [0, 0.05) is 30.5 Å². The van der Waals surface area contributed by atoms with Crippen molar-refractivity contribution in [3.05, 3.63) is 58.9 Å². The number of para-hydroxylation sites is 1. The highest BCUT2D eigenvalue weighted by molar-refractivity contribution is 6.32. The van der Waals surface area contributed by atoms with Gasteiger partial charge in [-0.25, -0.2) is 4.39 Å². The van der Waals surface area contributed by atoms with Crippen LogP contribution < -0.4 is 15.8 Å². The van der Waals surface area contributed by atoms with Gasteiger partial charge in [-0.15, -0.1) is 0 Å². The fraction of sp³-hybridized carbons (Fsp3) is 0.435. The van der Waals surface area contributed by atoms with Crippen LogP contribution in [0.3, 0.4) is 0 Å². The predicted molar refractivity (Wildman–Crippen MR) is 116 cm³/mol. The predicted octanol–water partition coefficient (Wildman–Crippen LogP) is 5.79. The molecular weight excluding hydrogens is 391 g/mol. The minimum atomic E-state index is -0.484. The van der Waals surface area contributed by atoms with Gasteiger partial charge in [0.05, 0.1) is 5.02 Å². The Hall–Kier alpha value is -1.95. The number of carbonyl (C=O) groups is 1. The number of benzene rings is 2. The van der Waals surface area contributed by atoms with Crippen LogP contribution in [0, 0.1) is 5.82 Å². The summed E-state index contributed by atoms with van der Waals surface area (Å²) in [6, 6.07) is 12.0. The van der Waals surface area contributed by atoms with Crippen LogP contribution in [0.4, 0.5) is 4.39 Å². The van der Waals surface area contributed by atoms with Gasteiger partial charge < -0.3 is 15.8 Å². The summed E-state index contributed by atoms with van der Waals surface area (Å²) in [5.41, 5.74) is 5.95. The van der Waals surface area contributed by atoms with Crippen LogP contribution in [0.25, 0.3) is 0 Å². The van der Waals surface area contributed by atoms with Crippen molar-refractivity contribution >= 4 is 17.4 Å². The molecule has 0 fully saturated rings. The summed E-state index contributed by atoms with van der Waals surface area (Å²) < 4.78 is 20.9. The zero-order chi connectivity index (χ0) is 21.2. The van der Waals surface area contributed by atoms with E-state index in [0.29, 0.717) is 37.1 Å². The molecule has 0 unspecified atom stereocenters. The maximum Gasteiger partial charge on any atom is 0.181 e. The summed E-state index contributed by atoms with van der Waals surface area (Å²) in [4.78, 5) is 12.1. The molecule has 0 aliphatic carbocycles. The third-order valence-corrected chi connectivity index (χ3v) is 5.05. The van der Waals surface area contributed by atoms with Gasteiger partial charge in [-0.2, -0.15) is 0 Å². The molecule has 0 bridgehead atoms. The number of hydrogen-bond acceptors (Lipinski definition) is 4. The van der Waals surface area contributed by atoms with Crippen molar-refractivity contribution in [3.63, 3.8) is 0 Å². The van der Waals surface area contributed by atoms with E-state index in [1.54, 1.807) is 24.3 Å². The quantitative estimate of drug-likeness (QED) is 0.426. The van der Waals surface area contributed by atoms with Crippen LogP contribution in [0.2, 0.25) is 5.02 Å². The molecule has 4 nitrogen and oxygen atoms in total. The van der Waals surface area contributed by atoms with E-state index in [2.05, 4.69) is 5.32 Å². The molecule has 3 N–H and O–H groups in total. The zero-order valence-corrected chi connectivity index (χ0v) is 17.8. The molecular formula is C23H30ClFN2O2. The molecule has 0 heterocycles. The Kier molecular flexibility index (Phi) is 9.58. The van der Waals surface area contributed by atoms with E-state index in [1.165, 1.54) is 0 Å². The minimum Gasteiger partial charge on any atom is -0.453 e. The van der Waals surface area contributed by atoms with Gasteiger partial charge >= 0.3 is 0 Å². The lowest BCUT2D eigenvalue weighted by atomic mass is 10.0. The zero-order valence-electron chi connectivity index (χ0n) is 17.1. The first-order chi connectivity index (χ1) is 14.0. The number of halogens is 2. The van der Waals surface area contributed by atoms with E-state index in [0.717, 1.165) is 12.8 Å². The molecule has 0 spiro atoms. The van der Waals surface area contributed by atoms with Gasteiger partial charge in [0.25, 0.3) is 0 Å². The number of rotatable bonds is 12. The molecule has 158 valence electrons. The van der Waals surface area contributed by atoms with Crippen LogP contribution >= 0.6 is 11.6 Å². The molecule has 29 heavy (non-hydrogen) atoms. The van der Waals surface area contributed by atoms with Crippen molar-refractivity contribution in [2.45, 2.75) is 58.0 Å². The Bertz CT molecular complexity index is 786. The Labute approximate surface area is 177 Å². The van der Waals surface area contributed by atoms with Crippen molar-refractivity contribution in [1.29, 1.82) is 0 Å². The van der Waals surface area contributed by atoms with E-state index >= 15 is 4.39 Å². The van der Waals surface area contributed by atoms with E-state index < -0.39 is 5.82 Å². The molecule has 0 aromatic heterocycles. The number of Topliss-reactive ketones (excluding diaryl/α,β-unsaturated/α-hetero) is 1. The fourth-order valence-corrected chi connectivity index (χ4v) is 3.44. The third kappa shape index (κ3) is 7.11. The molecule has 6 heteroatoms. The average molecular weight is 421 g/mol. The van der Waals surface area contributed by atoms with E-state index in [-0.39, 0.29) is 28.6 Å². The molecule has 0 aliphatic rings. The lowest BCUT2D eigenvalue weighted by Gasteiger charge is -2.24. The molecule has 2 aromatic rings. The average Bonchev–Trinajstić information content (AvgIpc) is 2.70. The van der Waals surface area contributed by atoms with Crippen molar-refractivity contribution < 1.29 is 13.9 Å². The maximum atomic E-state index is 15.2. The van der Waals surface area contributed by atoms with Gasteiger partial charge in [0.1, 0.15) is 11.5 Å². The standard InChI is InChI=1S/C23H30ClFN2O2/c1-3-21(27-16(2)15-17(28)9-7-8-14-26)19-12-13-20(24)23(22(19)25)29-18-10-5-4-6-11-18/h4-6,10-13,16,21,27H,3,7-9,14-15,26H2,1-2H3/t16-,21+/m0/s1. The molecule has 0 aliphatic heterocycles. The normalized spacial score (nSPS) is 13.1. The highest BCUT2D eigenvalue weighted by Gasteiger charge is 2.22. The number of unbranched alkanes of at least 4 members (excludes halogenated alkanes) is 1. The first-order valence-corrected chi connectivity index (χ1v) is 10.5. The highest BCUT2D eigenvalue weighted by Crippen LogP contribution is 2.36. The lowest BCUT2D eigenvalue weighted by molar-refractivity contribution is -0.119. The maximum absolute atomic E-state index is 15.2. The summed E-state index contributed by atoms with van der Waals surface area (Å²) in [7, 11) is 0. The second kappa shape index (κ2) is 11.9. The van der Waals surface area contributed by atoms with Crippen LogP contribution in [0.1, 0.15) is 57.6 Å². The monoisotopic (exact) mass is 420 g/mol. The summed E-state index contributed by atoms with van der Waals surface area (Å²) >= 11 is 6.20. The van der Waals surface area contributed by atoms with Crippen molar-refractivity contribution in [2.24, 2.45) is 5.73 Å². The SMILES string of the molecule is CC[C@@H](N[C@@H](C)CC(=O)CCCCN)c1ccc(Cl)c(Oc2ccccc2)c1F. The second-order valence-electron chi connectivity index (χ2n) is 7.21. The molecule has 0 amide bonds. The largest absolute Gasteiger partial charge is 0.453 e. The van der Waals surface area contributed by atoms with Crippen LogP contribution in [0.5, 0.6) is 11.5 Å². The van der Waals surface area contributed by atoms with E-state index in [1.807, 2.05) is 32.0 Å². The second-order valence-corrected chi connectivity index (χ2v) is 7.62. The Morgan fingerprint density at radius 2 is 1.93 bits per heavy atom. The summed E-state index contributed by atoms with van der Waals surface area (Å²) in [5.74, 6) is 0.240. The summed E-state index contributed by atoms with van der Waals surface area (Å²) in [6.45, 7) is 4.51. The van der Waals surface area contributed by atoms with Gasteiger partial charge in [-0.05, 0) is 50.9 Å². The number of ether oxygens (including phenoxy) is 1. The Balaban J connectivity index is 2.10. The van der Waals surface area contributed by atoms with Crippen molar-refractivity contribution in [2.75, 3.05) is 6.54 Å². The number of carbonyl (C=O) groups excluding carboxylic acids is 1. The molecule has 2 rings (SSSR count). The number of ketones is 1. The molecule has 0 saturated heterocycles. The lowest BCUT2D eigenvalue weighted by Crippen LogP contribution is -2.32. The number of hydrogen-bond donors (Lipinski definition) is 2. The minimum absolute atomic E-state index is 0.0149. The van der Waals surface area contributed by atoms with Crippen molar-refractivity contribution in [1.82, 2.24) is 5.32 Å².